The van der Waals surface area contributed by atoms with Crippen LogP contribution in [0.2, 0.25) is 10.0 Å². The van der Waals surface area contributed by atoms with E-state index >= 15 is 0 Å². The molecule has 4 aromatic carbocycles. The summed E-state index contributed by atoms with van der Waals surface area (Å²) in [6.07, 6.45) is 1.90. The van der Waals surface area contributed by atoms with Crippen LogP contribution in [0.15, 0.2) is 133 Å². The molecular formula is C101H131Cl2FN16O21S2. The maximum absolute atomic E-state index is 14.1. The number of carboxylic acids is 1. The number of Topliss-reactive ketones (excluding diaryl/α,β-unsaturated/α-hetero) is 2. The number of aliphatic carboxylic acids is 1. The van der Waals surface area contributed by atoms with Crippen LogP contribution in [0.3, 0.4) is 0 Å². The smallest absolute Gasteiger partial charge is 0.341 e. The third kappa shape index (κ3) is 29.4. The third-order valence-corrected chi connectivity index (χ3v) is 28.3. The molecule has 143 heavy (non-hydrogen) atoms. The molecule has 3 aliphatic heterocycles. The van der Waals surface area contributed by atoms with Crippen molar-refractivity contribution in [2.45, 2.75) is 269 Å². The lowest BCUT2D eigenvalue weighted by Crippen LogP contribution is -2.57. The van der Waals surface area contributed by atoms with Crippen molar-refractivity contribution >= 4 is 127 Å². The Morgan fingerprint density at radius 1 is 0.545 bits per heavy atom. The molecule has 17 atom stereocenters. The van der Waals surface area contributed by atoms with Gasteiger partial charge in [0.15, 0.2) is 30.6 Å². The Morgan fingerprint density at radius 3 is 1.41 bits per heavy atom. The molecule has 1 unspecified atom stereocenters. The normalized spacial score (nSPS) is 21.3. The maximum Gasteiger partial charge on any atom is 0.341 e. The van der Waals surface area contributed by atoms with Crippen LogP contribution < -0.4 is 47.9 Å². The van der Waals surface area contributed by atoms with Gasteiger partial charge < -0.3 is 117 Å². The fraction of sp³-hybridized carbons (Fsp3) is 0.505. The predicted octanol–water partition coefficient (Wildman–Crippen LogP) is 10.9. The second-order valence-corrected chi connectivity index (χ2v) is 40.8. The third-order valence-electron chi connectivity index (χ3n) is 25.7. The molecule has 19 N–H and O–H groups in total. The van der Waals surface area contributed by atoms with Gasteiger partial charge in [-0.25, -0.2) is 34.7 Å². The number of carboxylic acid groups (broad SMARTS) is 1. The van der Waals surface area contributed by atoms with Gasteiger partial charge in [-0.15, -0.1) is 22.7 Å². The molecular weight excluding hydrogens is 1930 g/mol. The average Bonchev–Trinajstić information content (AvgIpc) is 1.61. The van der Waals surface area contributed by atoms with Crippen molar-refractivity contribution in [3.8, 4) is 32.4 Å². The van der Waals surface area contributed by atoms with E-state index in [1.807, 2.05) is 115 Å². The summed E-state index contributed by atoms with van der Waals surface area (Å²) in [6.45, 7) is 15.7. The summed E-state index contributed by atoms with van der Waals surface area (Å²) in [6, 6.07) is 25.5. The number of nitrogens with two attached hydrogens (primary N) is 3. The van der Waals surface area contributed by atoms with E-state index in [-0.39, 0.29) is 125 Å². The van der Waals surface area contributed by atoms with E-state index in [9.17, 15) is 83.6 Å². The van der Waals surface area contributed by atoms with Crippen LogP contribution in [0, 0.1) is 36.5 Å². The number of carbonyl (C=O) groups excluding carboxylic acids is 7. The maximum atomic E-state index is 14.1. The van der Waals surface area contributed by atoms with Gasteiger partial charge in [0, 0.05) is 63.6 Å². The molecule has 42 heteroatoms. The zero-order valence-electron chi connectivity index (χ0n) is 82.1. The molecule has 14 rings (SSSR count). The summed E-state index contributed by atoms with van der Waals surface area (Å²) < 4.78 is 41.2. The SMILES string of the molecule is Cc1ncsc1-c1ccc(CNC(=O)[C@@H]2C[C@@H](O)CC2C(=O)[C@@H](NC(=O)CCCCCCCCC(=O)COc2cc([C@@H](O)[C@H]3O[C@@H](n4ccc5c(N)ncnc54)[C@H](O)[C@@H]3O)ccc2Cl)C(C)(C)C)cc1.Cc1ncsc1-c1ccc(CNC(=O)[C@@H]2C[C@@H](O)CN2C(=O)[C@@H](NC(=O)CCCCCCCN)C(C)(C)C)cc1.Nc1ncnc2c1ccn2[C@@H]1O[C@H]([C@H](O)c2ccc(Cl)c(OCC(=O)O)c2)[C@@H](O)[C@H]1O.[2H]CF. The van der Waals surface area contributed by atoms with Gasteiger partial charge in [0.2, 0.25) is 29.5 Å². The monoisotopic (exact) mass is 2060 g/mol. The number of benzene rings is 4. The number of likely N-dealkylation sites (tertiary alicyclic amines) is 1. The first-order chi connectivity index (χ1) is 68.6. The van der Waals surface area contributed by atoms with Crippen molar-refractivity contribution < 1.29 is 109 Å². The second-order valence-electron chi connectivity index (χ2n) is 38.3. The number of nitrogens with one attached hydrogen (secondary N) is 4. The van der Waals surface area contributed by atoms with Crippen LogP contribution in [0.5, 0.6) is 11.5 Å². The molecule has 1 aliphatic carbocycles. The van der Waals surface area contributed by atoms with Crippen LogP contribution in [0.1, 0.15) is 210 Å². The van der Waals surface area contributed by atoms with E-state index in [0.29, 0.717) is 66.4 Å². The number of aromatic nitrogens is 8. The highest BCUT2D eigenvalue weighted by Crippen LogP contribution is 2.44. The molecule has 9 heterocycles. The lowest BCUT2D eigenvalue weighted by atomic mass is 9.77. The van der Waals surface area contributed by atoms with Gasteiger partial charge in [0.25, 0.3) is 0 Å². The lowest BCUT2D eigenvalue weighted by Gasteiger charge is -2.35. The summed E-state index contributed by atoms with van der Waals surface area (Å²) in [7, 11) is -1.00. The molecule has 10 aromatic rings. The van der Waals surface area contributed by atoms with E-state index in [2.05, 4.69) is 51.2 Å². The number of nitrogen functional groups attached to an aromatic ring is 2. The number of thiazole rings is 2. The number of carbonyl (C=O) groups is 8. The molecule has 37 nitrogen and oxygen atoms in total. The topological polar surface area (TPSA) is 572 Å². The number of anilines is 2. The van der Waals surface area contributed by atoms with Gasteiger partial charge in [-0.3, -0.25) is 38.0 Å². The quantitative estimate of drug-likeness (QED) is 0.0158. The van der Waals surface area contributed by atoms with Crippen molar-refractivity contribution in [2.75, 3.05) is 44.9 Å². The predicted molar refractivity (Wildman–Crippen MR) is 537 cm³/mol. The van der Waals surface area contributed by atoms with Crippen LogP contribution in [0.4, 0.5) is 16.0 Å². The molecule has 4 aliphatic rings. The van der Waals surface area contributed by atoms with Gasteiger partial charge in [0.05, 0.1) is 85.7 Å². The number of nitrogens with zero attached hydrogens (tertiary/aromatic N) is 9. The summed E-state index contributed by atoms with van der Waals surface area (Å²) in [4.78, 5) is 132. The number of unbranched alkanes of at least 4 members (excludes halogenated alkanes) is 9. The zero-order chi connectivity index (χ0) is 105. The van der Waals surface area contributed by atoms with Crippen LogP contribution >= 0.6 is 45.9 Å². The highest BCUT2D eigenvalue weighted by Gasteiger charge is 2.52. The average molecular weight is 2060 g/mol. The number of β-amino-alcohol motifs (C(OH)–C–C–N with tert-alkyl or cyclic N) is 1. The highest BCUT2D eigenvalue weighted by atomic mass is 35.5. The van der Waals surface area contributed by atoms with Gasteiger partial charge in [-0.2, -0.15) is 0 Å². The van der Waals surface area contributed by atoms with Gasteiger partial charge in [-0.1, -0.05) is 170 Å². The molecule has 1 saturated carbocycles. The van der Waals surface area contributed by atoms with E-state index in [0.717, 1.165) is 101 Å². The van der Waals surface area contributed by atoms with E-state index in [1.165, 1.54) is 57.0 Å². The highest BCUT2D eigenvalue weighted by molar-refractivity contribution is 7.13. The number of alkyl halides is 1. The van der Waals surface area contributed by atoms with Crippen molar-refractivity contribution in [1.29, 1.82) is 0 Å². The minimum absolute atomic E-state index is 0.0498. The fourth-order valence-electron chi connectivity index (χ4n) is 17.9. The molecule has 0 bridgehead atoms. The van der Waals surface area contributed by atoms with E-state index in [1.54, 1.807) is 53.3 Å². The summed E-state index contributed by atoms with van der Waals surface area (Å²) in [5, 5.41) is 108. The first kappa shape index (κ1) is 111. The number of halogens is 3. The minimum atomic E-state index is -1.46. The summed E-state index contributed by atoms with van der Waals surface area (Å²) in [5.74, 6) is -3.65. The fourth-order valence-corrected chi connectivity index (χ4v) is 19.8. The summed E-state index contributed by atoms with van der Waals surface area (Å²) in [5.41, 5.74) is 27.0. The van der Waals surface area contributed by atoms with Gasteiger partial charge in [0.1, 0.15) is 115 Å². The molecule has 4 fully saturated rings. The van der Waals surface area contributed by atoms with Gasteiger partial charge in [-0.05, 0) is 140 Å². The van der Waals surface area contributed by atoms with Crippen molar-refractivity contribution in [2.24, 2.45) is 28.4 Å². The zero-order valence-corrected chi connectivity index (χ0v) is 84.3. The number of hydrogen-bond acceptors (Lipinski definition) is 31. The number of aliphatic hydroxyl groups excluding tert-OH is 8. The van der Waals surface area contributed by atoms with Gasteiger partial charge >= 0.3 is 5.97 Å². The first-order valence-electron chi connectivity index (χ1n) is 48.3. The van der Waals surface area contributed by atoms with E-state index in [4.69, 9.17) is 65.8 Å². The number of amides is 5. The second kappa shape index (κ2) is 52.0. The number of rotatable bonds is 41. The Kier molecular flexibility index (Phi) is 40.2. The first-order valence-corrected chi connectivity index (χ1v) is 50.1. The number of ketones is 2. The van der Waals surface area contributed by atoms with Crippen LogP contribution in [0.25, 0.3) is 42.9 Å². The Bertz CT molecular complexity index is 5970. The molecule has 5 amide bonds. The number of hydrogen-bond donors (Lipinski definition) is 16. The number of aryl methyl sites for hydroxylation is 2. The van der Waals surface area contributed by atoms with Crippen molar-refractivity contribution in [3.05, 3.63) is 177 Å². The van der Waals surface area contributed by atoms with E-state index < -0.39 is 134 Å². The number of ether oxygens (including phenoxy) is 4. The standard InChI is InChI=1S/C51H64ClN7O10S.C30H45N5O4S.C19H19ClN4O7.CH3F/c1-28-45(70-27-57-28)30-15-13-29(14-16-30)24-54-49(67)36-23-33(61)22-35(36)41(64)46(51(2,3)4)58-39(62)12-10-8-6-5-7-9-11-32(60)25-68-38-21-31(17-18-37(38)52)40(63)44-42(65)43(66)50(69-44)59-20-19-34-47(53)55-26-56-48(34)59;1-20-26(40-19-33-20)22-13-11-21(12-14-22)17-32-28(38)24-16-23(36)18-35(24)29(39)27(30(2,3)4)34-25(37)10-8-6-5-7-9-15-31;20-10-2-1-8(5-11(10)30-6-12(25)26)13(27)16-14(28)15(29)19(31-16)24-4-3-9-17(21)22-7-23-18(9)24;1-2/h13-21,26-27,33,35-36,40,42-44,46,50,61,63,65-66H,5-12,22-25H2,1-4H3,(H,54,67)(H,58,62)(H2,53,55,56);11-14,19,23-24,27,36H,5-10,15-18,31H2,1-4H3,(H,32,38)(H,34,37);1-5,7,13-16,19,27-29H,6H2,(H,25,26)(H2,21,22,23);1H3/t33-,35?,36+,40+,42-,43+,44+,46+,50+;23-,24+,27-;13-,14+,15-,16-,19-;/m011./s1/i;;;1D. The molecule has 774 valence electrons. The van der Waals surface area contributed by atoms with Crippen LogP contribution in [-0.4, -0.2) is 237 Å². The molecule has 0 radical (unpaired) electrons. The van der Waals surface area contributed by atoms with Crippen molar-refractivity contribution in [1.82, 2.24) is 65.2 Å². The molecule has 6 aromatic heterocycles. The molecule has 3 saturated heterocycles. The molecule has 0 spiro atoms. The number of aliphatic hydroxyl groups is 8. The Morgan fingerprint density at radius 2 is 0.972 bits per heavy atom. The number of fused-ring (bicyclic) bond motifs is 2. The van der Waals surface area contributed by atoms with Crippen molar-refractivity contribution in [3.63, 3.8) is 0 Å². The van der Waals surface area contributed by atoms with Crippen LogP contribution in [-0.2, 0) is 60.9 Å². The Labute approximate surface area is 847 Å². The Balaban J connectivity index is 0.000000224. The largest absolute Gasteiger partial charge is 0.484 e. The minimum Gasteiger partial charge on any atom is -0.484 e. The summed E-state index contributed by atoms with van der Waals surface area (Å²) >= 11 is 15.6. The Hall–Kier alpha value is -11.2. The lowest BCUT2D eigenvalue weighted by molar-refractivity contribution is -0.144.